The van der Waals surface area contributed by atoms with Gasteiger partial charge in [-0.2, -0.15) is 0 Å². The van der Waals surface area contributed by atoms with Crippen LogP contribution in [0.25, 0.3) is 0 Å². The van der Waals surface area contributed by atoms with Gasteiger partial charge < -0.3 is 4.90 Å². The van der Waals surface area contributed by atoms with Crippen LogP contribution < -0.4 is 4.90 Å². The summed E-state index contributed by atoms with van der Waals surface area (Å²) in [6.45, 7) is 8.96. The maximum Gasteiger partial charge on any atom is 0.225 e. The first kappa shape index (κ1) is 15.7. The molecule has 0 radical (unpaired) electrons. The van der Waals surface area contributed by atoms with Crippen molar-refractivity contribution in [2.75, 3.05) is 31.1 Å². The molecule has 0 amide bonds. The molecule has 1 aliphatic carbocycles. The van der Waals surface area contributed by atoms with Crippen molar-refractivity contribution in [3.8, 4) is 0 Å². The smallest absolute Gasteiger partial charge is 0.225 e. The van der Waals surface area contributed by atoms with Crippen molar-refractivity contribution < 1.29 is 0 Å². The van der Waals surface area contributed by atoms with Gasteiger partial charge in [-0.05, 0) is 31.2 Å². The molecule has 2 fully saturated rings. The third-order valence-corrected chi connectivity index (χ3v) is 5.14. The molecular weight excluding hydrogens is 272 g/mol. The van der Waals surface area contributed by atoms with E-state index in [2.05, 4.69) is 34.8 Å². The van der Waals surface area contributed by atoms with Gasteiger partial charge in [-0.1, -0.05) is 33.1 Å². The average Bonchev–Trinajstić information content (AvgIpc) is 2.49. The molecule has 2 heterocycles. The first-order valence-electron chi connectivity index (χ1n) is 9.15. The Balaban J connectivity index is 1.65. The van der Waals surface area contributed by atoms with E-state index in [9.17, 15) is 0 Å². The Bertz CT molecular complexity index is 476. The number of rotatable bonds is 6. The lowest BCUT2D eigenvalue weighted by Gasteiger charge is -2.43. The standard InChI is InChI=1S/C18H30N4/c1-3-6-15-14-19-18(20-17(15)7-4-2)22-12-10-21(11-13-22)16-8-5-9-16/h14,16H,3-13H2,1-2H3. The highest BCUT2D eigenvalue weighted by atomic mass is 15.3. The molecule has 1 aromatic rings. The number of hydrogen-bond donors (Lipinski definition) is 0. The maximum atomic E-state index is 4.91. The van der Waals surface area contributed by atoms with Crippen LogP contribution in [0.2, 0.25) is 0 Å². The fourth-order valence-electron chi connectivity index (χ4n) is 3.55. The minimum Gasteiger partial charge on any atom is -0.338 e. The van der Waals surface area contributed by atoms with Crippen molar-refractivity contribution in [3.05, 3.63) is 17.5 Å². The van der Waals surface area contributed by atoms with Crippen LogP contribution >= 0.6 is 0 Å². The molecule has 1 saturated heterocycles. The zero-order valence-corrected chi connectivity index (χ0v) is 14.2. The minimum atomic E-state index is 0.866. The van der Waals surface area contributed by atoms with Crippen LogP contribution in [0.4, 0.5) is 5.95 Å². The van der Waals surface area contributed by atoms with Gasteiger partial charge in [-0.25, -0.2) is 9.97 Å². The molecule has 0 unspecified atom stereocenters. The highest BCUT2D eigenvalue weighted by molar-refractivity contribution is 5.34. The highest BCUT2D eigenvalue weighted by Crippen LogP contribution is 2.26. The first-order chi connectivity index (χ1) is 10.8. The lowest BCUT2D eigenvalue weighted by molar-refractivity contribution is 0.120. The quantitative estimate of drug-likeness (QED) is 0.808. The predicted octanol–water partition coefficient (Wildman–Crippen LogP) is 3.06. The predicted molar refractivity (Wildman–Crippen MR) is 91.4 cm³/mol. The Kier molecular flexibility index (Phi) is 5.29. The molecule has 1 aliphatic heterocycles. The minimum absolute atomic E-state index is 0.866. The van der Waals surface area contributed by atoms with E-state index in [1.807, 2.05) is 0 Å². The van der Waals surface area contributed by atoms with Gasteiger partial charge in [0.2, 0.25) is 5.95 Å². The van der Waals surface area contributed by atoms with Gasteiger partial charge in [0.1, 0.15) is 0 Å². The molecule has 2 aliphatic rings. The number of anilines is 1. The Morgan fingerprint density at radius 2 is 1.77 bits per heavy atom. The third kappa shape index (κ3) is 3.43. The van der Waals surface area contributed by atoms with Crippen LogP contribution in [-0.4, -0.2) is 47.1 Å². The number of nitrogens with zero attached hydrogens (tertiary/aromatic N) is 4. The summed E-state index contributed by atoms with van der Waals surface area (Å²) in [7, 11) is 0. The van der Waals surface area contributed by atoms with Crippen molar-refractivity contribution in [1.82, 2.24) is 14.9 Å². The SMILES string of the molecule is CCCc1cnc(N2CCN(C3CCC3)CC2)nc1CCC. The summed E-state index contributed by atoms with van der Waals surface area (Å²) in [5.74, 6) is 0.955. The van der Waals surface area contributed by atoms with E-state index in [0.29, 0.717) is 0 Å². The van der Waals surface area contributed by atoms with Gasteiger partial charge >= 0.3 is 0 Å². The third-order valence-electron chi connectivity index (χ3n) is 5.14. The number of hydrogen-bond acceptors (Lipinski definition) is 4. The van der Waals surface area contributed by atoms with Gasteiger partial charge in [0.25, 0.3) is 0 Å². The Labute approximate surface area is 134 Å². The van der Waals surface area contributed by atoms with E-state index in [1.165, 1.54) is 50.0 Å². The van der Waals surface area contributed by atoms with E-state index in [0.717, 1.165) is 44.3 Å². The lowest BCUT2D eigenvalue weighted by atomic mass is 9.91. The van der Waals surface area contributed by atoms with Crippen molar-refractivity contribution in [2.24, 2.45) is 0 Å². The van der Waals surface area contributed by atoms with Crippen molar-refractivity contribution in [3.63, 3.8) is 0 Å². The summed E-state index contributed by atoms with van der Waals surface area (Å²) in [5.41, 5.74) is 2.62. The van der Waals surface area contributed by atoms with Gasteiger partial charge in [-0.15, -0.1) is 0 Å². The molecule has 0 aromatic carbocycles. The number of aryl methyl sites for hydroxylation is 2. The summed E-state index contributed by atoms with van der Waals surface area (Å²) in [4.78, 5) is 14.6. The zero-order valence-electron chi connectivity index (χ0n) is 14.2. The molecule has 22 heavy (non-hydrogen) atoms. The van der Waals surface area contributed by atoms with Crippen LogP contribution in [0.3, 0.4) is 0 Å². The zero-order chi connectivity index (χ0) is 15.4. The largest absolute Gasteiger partial charge is 0.338 e. The monoisotopic (exact) mass is 302 g/mol. The Morgan fingerprint density at radius 1 is 1.05 bits per heavy atom. The van der Waals surface area contributed by atoms with Gasteiger partial charge in [-0.3, -0.25) is 4.90 Å². The summed E-state index contributed by atoms with van der Waals surface area (Å²) in [6.07, 6.45) is 10.8. The molecule has 3 rings (SSSR count). The molecule has 0 atom stereocenters. The van der Waals surface area contributed by atoms with Crippen LogP contribution in [0.15, 0.2) is 6.20 Å². The summed E-state index contributed by atoms with van der Waals surface area (Å²) in [5, 5.41) is 0. The Hall–Kier alpha value is -1.16. The average molecular weight is 302 g/mol. The molecule has 4 heteroatoms. The molecule has 0 bridgehead atoms. The summed E-state index contributed by atoms with van der Waals surface area (Å²) < 4.78 is 0. The molecule has 1 saturated carbocycles. The molecule has 0 spiro atoms. The van der Waals surface area contributed by atoms with Crippen molar-refractivity contribution in [2.45, 2.75) is 64.8 Å². The molecule has 4 nitrogen and oxygen atoms in total. The lowest BCUT2D eigenvalue weighted by Crippen LogP contribution is -2.52. The van der Waals surface area contributed by atoms with E-state index in [-0.39, 0.29) is 0 Å². The van der Waals surface area contributed by atoms with E-state index < -0.39 is 0 Å². The second-order valence-corrected chi connectivity index (χ2v) is 6.75. The van der Waals surface area contributed by atoms with Crippen LogP contribution in [-0.2, 0) is 12.8 Å². The fraction of sp³-hybridized carbons (Fsp3) is 0.778. The molecule has 1 aromatic heterocycles. The fourth-order valence-corrected chi connectivity index (χ4v) is 3.55. The van der Waals surface area contributed by atoms with Crippen LogP contribution in [0, 0.1) is 0 Å². The number of aromatic nitrogens is 2. The topological polar surface area (TPSA) is 32.3 Å². The number of piperazine rings is 1. The van der Waals surface area contributed by atoms with Gasteiger partial charge in [0.15, 0.2) is 0 Å². The van der Waals surface area contributed by atoms with Gasteiger partial charge in [0.05, 0.1) is 0 Å². The van der Waals surface area contributed by atoms with Crippen LogP contribution in [0.5, 0.6) is 0 Å². The molecule has 122 valence electrons. The van der Waals surface area contributed by atoms with E-state index in [1.54, 1.807) is 0 Å². The normalized spacial score (nSPS) is 20.2. The van der Waals surface area contributed by atoms with Crippen LogP contribution in [0.1, 0.15) is 57.2 Å². The highest BCUT2D eigenvalue weighted by Gasteiger charge is 2.28. The van der Waals surface area contributed by atoms with E-state index >= 15 is 0 Å². The second kappa shape index (κ2) is 7.40. The van der Waals surface area contributed by atoms with Crippen molar-refractivity contribution in [1.29, 1.82) is 0 Å². The van der Waals surface area contributed by atoms with E-state index in [4.69, 9.17) is 4.98 Å². The summed E-state index contributed by atoms with van der Waals surface area (Å²) in [6, 6.07) is 0.866. The molecule has 0 N–H and O–H groups in total. The van der Waals surface area contributed by atoms with Gasteiger partial charge in [0, 0.05) is 44.1 Å². The first-order valence-corrected chi connectivity index (χ1v) is 9.15. The second-order valence-electron chi connectivity index (χ2n) is 6.75. The summed E-state index contributed by atoms with van der Waals surface area (Å²) >= 11 is 0. The molecular formula is C18H30N4. The maximum absolute atomic E-state index is 4.91. The Morgan fingerprint density at radius 3 is 2.36 bits per heavy atom. The van der Waals surface area contributed by atoms with Crippen molar-refractivity contribution >= 4 is 5.95 Å².